The number of carbonyl (C=O) groups excluding carboxylic acids is 1. The fourth-order valence-electron chi connectivity index (χ4n) is 3.80. The minimum Gasteiger partial charge on any atom is -0.497 e. The lowest BCUT2D eigenvalue weighted by molar-refractivity contribution is 0.0931. The van der Waals surface area contributed by atoms with Crippen LogP contribution in [0.3, 0.4) is 0 Å². The molecule has 1 amide bonds. The third-order valence-corrected chi connectivity index (χ3v) is 5.89. The molecule has 0 atom stereocenters. The number of nitrogens with one attached hydrogen (secondary N) is 2. The van der Waals surface area contributed by atoms with Crippen LogP contribution < -0.4 is 15.0 Å². The van der Waals surface area contributed by atoms with Gasteiger partial charge in [0.1, 0.15) is 5.75 Å². The zero-order chi connectivity index (χ0) is 21.1. The van der Waals surface area contributed by atoms with Gasteiger partial charge in [0.05, 0.1) is 12.8 Å². The second-order valence-corrected chi connectivity index (χ2v) is 7.90. The molecule has 4 rings (SSSR count). The summed E-state index contributed by atoms with van der Waals surface area (Å²) in [6.45, 7) is 5.83. The highest BCUT2D eigenvalue weighted by Crippen LogP contribution is 2.25. The number of methoxy groups -OCH3 is 1. The van der Waals surface area contributed by atoms with Gasteiger partial charge in [0.25, 0.3) is 5.91 Å². The van der Waals surface area contributed by atoms with Crippen LogP contribution in [0.5, 0.6) is 5.75 Å². The van der Waals surface area contributed by atoms with Crippen molar-refractivity contribution in [3.63, 3.8) is 0 Å². The average Bonchev–Trinajstić information content (AvgIpc) is 3.26. The first-order chi connectivity index (χ1) is 14.5. The number of ether oxygens (including phenoxy) is 1. The van der Waals surface area contributed by atoms with Crippen molar-refractivity contribution in [1.82, 2.24) is 15.5 Å². The van der Waals surface area contributed by atoms with E-state index in [0.717, 1.165) is 59.9 Å². The normalized spacial score (nSPS) is 14.6. The quantitative estimate of drug-likeness (QED) is 0.672. The van der Waals surface area contributed by atoms with Crippen molar-refractivity contribution in [3.05, 3.63) is 65.2 Å². The standard InChI is InChI=1S/C24H28N4O2/c1-16-4-5-19(14-17(16)2)24(29)25-20-10-12-28(13-11-20)23-15-22(26-27-23)18-6-8-21(30-3)9-7-18/h4-9,14-15,20H,10-13H2,1-3H3,(H,25,29)(H,26,27). The molecule has 1 aromatic heterocycles. The van der Waals surface area contributed by atoms with E-state index in [1.807, 2.05) is 49.4 Å². The van der Waals surface area contributed by atoms with Gasteiger partial charge in [0.15, 0.2) is 5.82 Å². The van der Waals surface area contributed by atoms with Gasteiger partial charge in [-0.25, -0.2) is 0 Å². The molecule has 1 fully saturated rings. The molecule has 0 radical (unpaired) electrons. The second-order valence-electron chi connectivity index (χ2n) is 7.90. The molecular formula is C24H28N4O2. The van der Waals surface area contributed by atoms with Gasteiger partial charge in [0, 0.05) is 30.8 Å². The van der Waals surface area contributed by atoms with Crippen molar-refractivity contribution in [2.24, 2.45) is 0 Å². The van der Waals surface area contributed by atoms with Gasteiger partial charge in [0.2, 0.25) is 0 Å². The Labute approximate surface area is 177 Å². The van der Waals surface area contributed by atoms with Crippen molar-refractivity contribution >= 4 is 11.7 Å². The van der Waals surface area contributed by atoms with Gasteiger partial charge in [-0.05, 0) is 79.8 Å². The topological polar surface area (TPSA) is 70.2 Å². The predicted octanol–water partition coefficient (Wildman–Crippen LogP) is 4.10. The molecule has 0 bridgehead atoms. The number of hydrogen-bond donors (Lipinski definition) is 2. The van der Waals surface area contributed by atoms with Crippen LogP contribution in [0.25, 0.3) is 11.3 Å². The van der Waals surface area contributed by atoms with Gasteiger partial charge in [-0.2, -0.15) is 5.10 Å². The number of aromatic nitrogens is 2. The smallest absolute Gasteiger partial charge is 0.251 e. The molecule has 6 heteroatoms. The summed E-state index contributed by atoms with van der Waals surface area (Å²) in [6, 6.07) is 16.1. The number of anilines is 1. The maximum atomic E-state index is 12.6. The molecular weight excluding hydrogens is 376 g/mol. The number of carbonyl (C=O) groups is 1. The van der Waals surface area contributed by atoms with Gasteiger partial charge in [-0.15, -0.1) is 0 Å². The van der Waals surface area contributed by atoms with E-state index in [-0.39, 0.29) is 11.9 Å². The summed E-state index contributed by atoms with van der Waals surface area (Å²) < 4.78 is 5.22. The average molecular weight is 405 g/mol. The molecule has 3 aromatic rings. The number of H-pyrrole nitrogens is 1. The molecule has 0 unspecified atom stereocenters. The summed E-state index contributed by atoms with van der Waals surface area (Å²) in [5.41, 5.74) is 5.14. The molecule has 2 heterocycles. The molecule has 6 nitrogen and oxygen atoms in total. The van der Waals surface area contributed by atoms with E-state index in [1.165, 1.54) is 5.56 Å². The zero-order valence-electron chi connectivity index (χ0n) is 17.7. The Kier molecular flexibility index (Phi) is 5.74. The van der Waals surface area contributed by atoms with Crippen LogP contribution in [-0.4, -0.2) is 42.3 Å². The molecule has 1 aliphatic heterocycles. The first-order valence-electron chi connectivity index (χ1n) is 10.4. The van der Waals surface area contributed by atoms with Gasteiger partial charge in [-0.1, -0.05) is 6.07 Å². The van der Waals surface area contributed by atoms with Crippen molar-refractivity contribution < 1.29 is 9.53 Å². The van der Waals surface area contributed by atoms with Gasteiger partial charge in [-0.3, -0.25) is 9.89 Å². The van der Waals surface area contributed by atoms with Crippen molar-refractivity contribution in [2.45, 2.75) is 32.7 Å². The van der Waals surface area contributed by atoms with Crippen LogP contribution in [0.15, 0.2) is 48.5 Å². The predicted molar refractivity (Wildman–Crippen MR) is 119 cm³/mol. The van der Waals surface area contributed by atoms with E-state index in [1.54, 1.807) is 7.11 Å². The fraction of sp³-hybridized carbons (Fsp3) is 0.333. The maximum Gasteiger partial charge on any atom is 0.251 e. The Bertz CT molecular complexity index is 1020. The monoisotopic (exact) mass is 404 g/mol. The molecule has 1 aliphatic rings. The first kappa shape index (κ1) is 20.0. The van der Waals surface area contributed by atoms with Gasteiger partial charge >= 0.3 is 0 Å². The molecule has 2 N–H and O–H groups in total. The highest BCUT2D eigenvalue weighted by molar-refractivity contribution is 5.94. The van der Waals surface area contributed by atoms with E-state index >= 15 is 0 Å². The molecule has 1 saturated heterocycles. The molecule has 30 heavy (non-hydrogen) atoms. The lowest BCUT2D eigenvalue weighted by Crippen LogP contribution is -2.44. The van der Waals surface area contributed by atoms with Crippen molar-refractivity contribution in [1.29, 1.82) is 0 Å². The number of aromatic amines is 1. The van der Waals surface area contributed by atoms with E-state index in [4.69, 9.17) is 4.74 Å². The number of aryl methyl sites for hydroxylation is 2. The molecule has 156 valence electrons. The molecule has 0 saturated carbocycles. The highest BCUT2D eigenvalue weighted by atomic mass is 16.5. The van der Waals surface area contributed by atoms with Crippen LogP contribution in [0.1, 0.15) is 34.3 Å². The third-order valence-electron chi connectivity index (χ3n) is 5.89. The minimum atomic E-state index is 0.0121. The third kappa shape index (κ3) is 4.32. The zero-order valence-corrected chi connectivity index (χ0v) is 17.7. The summed E-state index contributed by atoms with van der Waals surface area (Å²) in [7, 11) is 1.66. The van der Waals surface area contributed by atoms with Crippen LogP contribution in [0.2, 0.25) is 0 Å². The molecule has 2 aromatic carbocycles. The van der Waals surface area contributed by atoms with Crippen LogP contribution >= 0.6 is 0 Å². The first-order valence-corrected chi connectivity index (χ1v) is 10.4. The second kappa shape index (κ2) is 8.61. The number of amides is 1. The summed E-state index contributed by atoms with van der Waals surface area (Å²) in [5, 5.41) is 10.8. The van der Waals surface area contributed by atoms with Crippen LogP contribution in [-0.2, 0) is 0 Å². The SMILES string of the molecule is COc1ccc(-c2cc(N3CCC(NC(=O)c4ccc(C)c(C)c4)CC3)n[nH]2)cc1. The number of benzene rings is 2. The van der Waals surface area contributed by atoms with E-state index in [2.05, 4.69) is 33.4 Å². The van der Waals surface area contributed by atoms with Crippen LogP contribution in [0.4, 0.5) is 5.82 Å². The van der Waals surface area contributed by atoms with E-state index in [0.29, 0.717) is 0 Å². The van der Waals surface area contributed by atoms with Gasteiger partial charge < -0.3 is 15.0 Å². The molecule has 0 spiro atoms. The fourth-order valence-corrected chi connectivity index (χ4v) is 3.80. The lowest BCUT2D eigenvalue weighted by atomic mass is 10.0. The van der Waals surface area contributed by atoms with E-state index in [9.17, 15) is 4.79 Å². The minimum absolute atomic E-state index is 0.0121. The van der Waals surface area contributed by atoms with E-state index < -0.39 is 0 Å². The summed E-state index contributed by atoms with van der Waals surface area (Å²) >= 11 is 0. The van der Waals surface area contributed by atoms with Crippen LogP contribution in [0, 0.1) is 13.8 Å². The Morgan fingerprint density at radius 3 is 2.47 bits per heavy atom. The highest BCUT2D eigenvalue weighted by Gasteiger charge is 2.23. The summed E-state index contributed by atoms with van der Waals surface area (Å²) in [5.74, 6) is 1.79. The summed E-state index contributed by atoms with van der Waals surface area (Å²) in [6.07, 6.45) is 1.81. The Morgan fingerprint density at radius 2 is 1.80 bits per heavy atom. The Hall–Kier alpha value is -3.28. The number of hydrogen-bond acceptors (Lipinski definition) is 4. The number of piperidine rings is 1. The van der Waals surface area contributed by atoms with Crippen molar-refractivity contribution in [3.8, 4) is 17.0 Å². The van der Waals surface area contributed by atoms with Crippen molar-refractivity contribution in [2.75, 3.05) is 25.1 Å². The summed E-state index contributed by atoms with van der Waals surface area (Å²) in [4.78, 5) is 14.8. The maximum absolute atomic E-state index is 12.6. The number of nitrogens with zero attached hydrogens (tertiary/aromatic N) is 2. The Morgan fingerprint density at radius 1 is 1.07 bits per heavy atom. The Balaban J connectivity index is 1.33. The molecule has 0 aliphatic carbocycles. The lowest BCUT2D eigenvalue weighted by Gasteiger charge is -2.32. The number of rotatable bonds is 5. The largest absolute Gasteiger partial charge is 0.497 e.